The van der Waals surface area contributed by atoms with Gasteiger partial charge in [0.05, 0.1) is 0 Å². The largest absolute Gasteiger partial charge is 0.295 e. The van der Waals surface area contributed by atoms with Crippen LogP contribution in [0.15, 0.2) is 11.1 Å². The van der Waals surface area contributed by atoms with E-state index in [4.69, 9.17) is 0 Å². The molecule has 1 heteroatoms. The molecule has 0 spiro atoms. The quantitative estimate of drug-likeness (QED) is 0.446. The third kappa shape index (κ3) is 2.76. The number of hydrogen-bond donors (Lipinski definition) is 0. The molecule has 9 atom stereocenters. The smallest absolute Gasteiger partial charge is 0.159 e. The fourth-order valence-corrected chi connectivity index (χ4v) is 10.8. The van der Waals surface area contributed by atoms with Crippen LogP contribution in [0.4, 0.5) is 0 Å². The number of Topliss-reactive ketones (excluding diaryl/α,β-unsaturated/α-hetero) is 1. The van der Waals surface area contributed by atoms with Gasteiger partial charge in [-0.1, -0.05) is 60.5 Å². The van der Waals surface area contributed by atoms with E-state index in [-0.39, 0.29) is 5.41 Å². The molecule has 0 aromatic heterocycles. The zero-order valence-corrected chi connectivity index (χ0v) is 21.5. The summed E-state index contributed by atoms with van der Waals surface area (Å²) < 4.78 is 0. The Kier molecular flexibility index (Phi) is 5.16. The van der Waals surface area contributed by atoms with Crippen molar-refractivity contribution >= 4 is 5.78 Å². The number of carbonyl (C=O) groups is 1. The molecule has 0 amide bonds. The van der Waals surface area contributed by atoms with E-state index in [1.54, 1.807) is 5.57 Å². The summed E-state index contributed by atoms with van der Waals surface area (Å²) in [6, 6.07) is 0. The van der Waals surface area contributed by atoms with Gasteiger partial charge in [-0.05, 0) is 109 Å². The second kappa shape index (κ2) is 7.20. The van der Waals surface area contributed by atoms with Crippen molar-refractivity contribution in [2.24, 2.45) is 57.7 Å². The maximum atomic E-state index is 13.4. The van der Waals surface area contributed by atoms with E-state index in [0.29, 0.717) is 34.4 Å². The molecule has 0 aromatic rings. The second-order valence-corrected chi connectivity index (χ2v) is 13.6. The summed E-state index contributed by atoms with van der Waals surface area (Å²) in [4.78, 5) is 13.4. The van der Waals surface area contributed by atoms with Crippen molar-refractivity contribution in [1.29, 1.82) is 0 Å². The highest BCUT2D eigenvalue weighted by Gasteiger charge is 2.65. The first-order valence-corrected chi connectivity index (χ1v) is 13.9. The molecule has 0 bridgehead atoms. The first-order chi connectivity index (χ1) is 14.6. The minimum Gasteiger partial charge on any atom is -0.295 e. The third-order valence-electron chi connectivity index (χ3n) is 12.4. The molecule has 4 saturated carbocycles. The Morgan fingerprint density at radius 1 is 0.903 bits per heavy atom. The highest BCUT2D eigenvalue weighted by molar-refractivity contribution is 6.00. The molecule has 174 valence electrons. The first kappa shape index (κ1) is 22.2. The van der Waals surface area contributed by atoms with Gasteiger partial charge in [0.1, 0.15) is 0 Å². The monoisotopic (exact) mass is 424 g/mol. The third-order valence-corrected chi connectivity index (χ3v) is 12.4. The summed E-state index contributed by atoms with van der Waals surface area (Å²) in [7, 11) is 0. The van der Waals surface area contributed by atoms with E-state index in [1.807, 2.05) is 0 Å². The van der Waals surface area contributed by atoms with E-state index in [2.05, 4.69) is 48.5 Å². The van der Waals surface area contributed by atoms with Gasteiger partial charge in [0.25, 0.3) is 0 Å². The standard InChI is InChI=1S/C30H48O/c1-8-20(5)30-16-13-23-21(27(30)26(18(2)3)24(31)17-30)9-10-25-28(6)14-11-19(4)22(28)12-15-29(23,25)7/h18-23,25H,8-17H2,1-7H3. The lowest BCUT2D eigenvalue weighted by atomic mass is 9.40. The summed E-state index contributed by atoms with van der Waals surface area (Å²) in [5.41, 5.74) is 4.24. The lowest BCUT2D eigenvalue weighted by Gasteiger charge is -2.64. The SMILES string of the molecule is CCC(C)C12CCC3C(CCC4C5(C)CCC(C)C5CCC34C)C1=C(C(C)C)C(=O)C2. The van der Waals surface area contributed by atoms with Crippen LogP contribution in [0.2, 0.25) is 0 Å². The van der Waals surface area contributed by atoms with Crippen LogP contribution < -0.4 is 0 Å². The Hall–Kier alpha value is -0.590. The van der Waals surface area contributed by atoms with Gasteiger partial charge in [0.2, 0.25) is 0 Å². The van der Waals surface area contributed by atoms with Crippen LogP contribution in [0.5, 0.6) is 0 Å². The molecular weight excluding hydrogens is 376 g/mol. The van der Waals surface area contributed by atoms with Gasteiger partial charge in [0, 0.05) is 11.8 Å². The molecule has 31 heavy (non-hydrogen) atoms. The molecular formula is C30H48O. The van der Waals surface area contributed by atoms with Gasteiger partial charge in [0.15, 0.2) is 5.78 Å². The van der Waals surface area contributed by atoms with Crippen molar-refractivity contribution in [1.82, 2.24) is 0 Å². The summed E-state index contributed by atoms with van der Waals surface area (Å²) >= 11 is 0. The molecule has 5 rings (SSSR count). The van der Waals surface area contributed by atoms with E-state index in [1.165, 1.54) is 63.4 Å². The van der Waals surface area contributed by atoms with E-state index in [9.17, 15) is 4.79 Å². The van der Waals surface area contributed by atoms with Crippen molar-refractivity contribution in [3.8, 4) is 0 Å². The highest BCUT2D eigenvalue weighted by atomic mass is 16.1. The van der Waals surface area contributed by atoms with E-state index >= 15 is 0 Å². The number of rotatable bonds is 3. The molecule has 0 aromatic carbocycles. The van der Waals surface area contributed by atoms with Crippen molar-refractivity contribution in [3.63, 3.8) is 0 Å². The van der Waals surface area contributed by atoms with Crippen LogP contribution in [0.3, 0.4) is 0 Å². The number of hydrogen-bond acceptors (Lipinski definition) is 1. The first-order valence-electron chi connectivity index (χ1n) is 13.9. The van der Waals surface area contributed by atoms with Crippen LogP contribution in [-0.2, 0) is 4.79 Å². The van der Waals surface area contributed by atoms with Crippen molar-refractivity contribution < 1.29 is 4.79 Å². The molecule has 0 saturated heterocycles. The maximum absolute atomic E-state index is 13.4. The Morgan fingerprint density at radius 3 is 2.23 bits per heavy atom. The van der Waals surface area contributed by atoms with Crippen LogP contribution >= 0.6 is 0 Å². The number of fused-ring (bicyclic) bond motifs is 7. The number of ketones is 1. The van der Waals surface area contributed by atoms with Crippen molar-refractivity contribution in [3.05, 3.63) is 11.1 Å². The molecule has 9 unspecified atom stereocenters. The van der Waals surface area contributed by atoms with Gasteiger partial charge < -0.3 is 0 Å². The number of carbonyl (C=O) groups excluding carboxylic acids is 1. The summed E-state index contributed by atoms with van der Waals surface area (Å²) in [6.45, 7) is 17.3. The fraction of sp³-hybridized carbons (Fsp3) is 0.900. The van der Waals surface area contributed by atoms with Crippen molar-refractivity contribution in [2.45, 2.75) is 113 Å². The van der Waals surface area contributed by atoms with Gasteiger partial charge in [-0.25, -0.2) is 0 Å². The summed E-state index contributed by atoms with van der Waals surface area (Å²) in [6.07, 6.45) is 13.3. The summed E-state index contributed by atoms with van der Waals surface area (Å²) in [5.74, 6) is 5.83. The topological polar surface area (TPSA) is 17.1 Å². The lowest BCUT2D eigenvalue weighted by molar-refractivity contribution is -0.136. The minimum atomic E-state index is 0.193. The zero-order chi connectivity index (χ0) is 22.3. The molecule has 0 radical (unpaired) electrons. The molecule has 0 aliphatic heterocycles. The summed E-state index contributed by atoms with van der Waals surface area (Å²) in [5, 5.41) is 0. The molecule has 5 aliphatic carbocycles. The second-order valence-electron chi connectivity index (χ2n) is 13.6. The Morgan fingerprint density at radius 2 is 1.55 bits per heavy atom. The van der Waals surface area contributed by atoms with Crippen LogP contribution in [0.1, 0.15) is 113 Å². The van der Waals surface area contributed by atoms with E-state index < -0.39 is 0 Å². The van der Waals surface area contributed by atoms with Gasteiger partial charge in [-0.2, -0.15) is 0 Å². The van der Waals surface area contributed by atoms with Gasteiger partial charge >= 0.3 is 0 Å². The maximum Gasteiger partial charge on any atom is 0.159 e. The fourth-order valence-electron chi connectivity index (χ4n) is 10.8. The molecule has 0 N–H and O–H groups in total. The predicted octanol–water partition coefficient (Wildman–Crippen LogP) is 8.23. The number of allylic oxidation sites excluding steroid dienone is 2. The molecule has 1 nitrogen and oxygen atoms in total. The Bertz CT molecular complexity index is 790. The van der Waals surface area contributed by atoms with Crippen LogP contribution in [-0.4, -0.2) is 5.78 Å². The average Bonchev–Trinajstić information content (AvgIpc) is 3.20. The highest BCUT2D eigenvalue weighted by Crippen LogP contribution is 2.73. The normalized spacial score (nSPS) is 50.2. The van der Waals surface area contributed by atoms with Gasteiger partial charge in [-0.15, -0.1) is 0 Å². The zero-order valence-electron chi connectivity index (χ0n) is 21.5. The molecule has 4 fully saturated rings. The Labute approximate surface area is 192 Å². The van der Waals surface area contributed by atoms with Gasteiger partial charge in [-0.3, -0.25) is 4.79 Å². The van der Waals surface area contributed by atoms with E-state index in [0.717, 1.165) is 30.1 Å². The predicted molar refractivity (Wildman–Crippen MR) is 130 cm³/mol. The van der Waals surface area contributed by atoms with Crippen molar-refractivity contribution in [2.75, 3.05) is 0 Å². The molecule has 5 aliphatic rings. The average molecular weight is 425 g/mol. The Balaban J connectivity index is 1.58. The van der Waals surface area contributed by atoms with Crippen LogP contribution in [0.25, 0.3) is 0 Å². The minimum absolute atomic E-state index is 0.193. The van der Waals surface area contributed by atoms with Crippen LogP contribution in [0, 0.1) is 57.7 Å². The lowest BCUT2D eigenvalue weighted by Crippen LogP contribution is -2.57. The molecule has 0 heterocycles.